The Hall–Kier alpha value is -3.48. The molecule has 2 aromatic heterocycles. The van der Waals surface area contributed by atoms with E-state index in [2.05, 4.69) is 20.4 Å². The molecule has 1 unspecified atom stereocenters. The standard InChI is InChI=1S/C23H23N5O2/c1-14(2)20(23-26-21(27-30-23)15-7-8-15)25-22(29)16-9-11-17(12-10-16)28-13-24-18-5-3-4-6-19(18)28/h3-6,9-15,20H,7-8H2,1-2H3,(H,25,29). The van der Waals surface area contributed by atoms with E-state index in [0.29, 0.717) is 17.4 Å². The van der Waals surface area contributed by atoms with Gasteiger partial charge < -0.3 is 9.84 Å². The first-order valence-electron chi connectivity index (χ1n) is 10.3. The van der Waals surface area contributed by atoms with E-state index in [1.165, 1.54) is 0 Å². The highest BCUT2D eigenvalue weighted by atomic mass is 16.5. The number of imidazole rings is 1. The van der Waals surface area contributed by atoms with E-state index in [4.69, 9.17) is 4.52 Å². The first-order chi connectivity index (χ1) is 14.6. The van der Waals surface area contributed by atoms with Crippen LogP contribution >= 0.6 is 0 Å². The second-order valence-corrected chi connectivity index (χ2v) is 8.11. The van der Waals surface area contributed by atoms with Crippen LogP contribution < -0.4 is 5.32 Å². The number of para-hydroxylation sites is 2. The summed E-state index contributed by atoms with van der Waals surface area (Å²) in [6.07, 6.45) is 4.01. The number of carbonyl (C=O) groups is 1. The largest absolute Gasteiger partial charge is 0.340 e. The van der Waals surface area contributed by atoms with Gasteiger partial charge in [-0.3, -0.25) is 9.36 Å². The van der Waals surface area contributed by atoms with E-state index in [-0.39, 0.29) is 17.9 Å². The Labute approximate surface area is 174 Å². The van der Waals surface area contributed by atoms with E-state index in [1.807, 2.05) is 66.9 Å². The molecule has 2 heterocycles. The van der Waals surface area contributed by atoms with Crippen LogP contribution in [-0.2, 0) is 0 Å². The molecular formula is C23H23N5O2. The number of nitrogens with one attached hydrogen (secondary N) is 1. The van der Waals surface area contributed by atoms with Crippen molar-refractivity contribution in [2.75, 3.05) is 0 Å². The van der Waals surface area contributed by atoms with Gasteiger partial charge in [-0.05, 0) is 55.2 Å². The number of aromatic nitrogens is 4. The number of nitrogens with zero attached hydrogens (tertiary/aromatic N) is 4. The van der Waals surface area contributed by atoms with Gasteiger partial charge in [-0.2, -0.15) is 4.98 Å². The van der Waals surface area contributed by atoms with Crippen LogP contribution in [0.3, 0.4) is 0 Å². The van der Waals surface area contributed by atoms with Crippen LogP contribution in [0.4, 0.5) is 0 Å². The lowest BCUT2D eigenvalue weighted by Crippen LogP contribution is -2.32. The van der Waals surface area contributed by atoms with Crippen molar-refractivity contribution in [3.63, 3.8) is 0 Å². The fourth-order valence-electron chi connectivity index (χ4n) is 3.56. The third kappa shape index (κ3) is 3.47. The van der Waals surface area contributed by atoms with Gasteiger partial charge in [-0.1, -0.05) is 31.1 Å². The number of hydrogen-bond donors (Lipinski definition) is 1. The van der Waals surface area contributed by atoms with Gasteiger partial charge in [0.25, 0.3) is 5.91 Å². The number of hydrogen-bond acceptors (Lipinski definition) is 5. The lowest BCUT2D eigenvalue weighted by molar-refractivity contribution is 0.0914. The lowest BCUT2D eigenvalue weighted by Gasteiger charge is -2.18. The summed E-state index contributed by atoms with van der Waals surface area (Å²) >= 11 is 0. The van der Waals surface area contributed by atoms with Crippen molar-refractivity contribution in [2.24, 2.45) is 5.92 Å². The molecule has 0 spiro atoms. The van der Waals surface area contributed by atoms with Crippen molar-refractivity contribution in [2.45, 2.75) is 38.6 Å². The quantitative estimate of drug-likeness (QED) is 0.517. The second kappa shape index (κ2) is 7.40. The summed E-state index contributed by atoms with van der Waals surface area (Å²) in [6.45, 7) is 4.05. The molecule has 1 N–H and O–H groups in total. The summed E-state index contributed by atoms with van der Waals surface area (Å²) in [6, 6.07) is 15.1. The minimum atomic E-state index is -0.324. The van der Waals surface area contributed by atoms with Crippen molar-refractivity contribution in [1.82, 2.24) is 25.0 Å². The topological polar surface area (TPSA) is 85.8 Å². The molecular weight excluding hydrogens is 378 g/mol. The predicted octanol–water partition coefficient (Wildman–Crippen LogP) is 4.41. The molecule has 1 atom stereocenters. The molecule has 0 aliphatic heterocycles. The number of fused-ring (bicyclic) bond motifs is 1. The molecule has 7 heteroatoms. The molecule has 30 heavy (non-hydrogen) atoms. The summed E-state index contributed by atoms with van der Waals surface area (Å²) in [5.41, 5.74) is 3.49. The zero-order valence-electron chi connectivity index (χ0n) is 16.9. The molecule has 1 amide bonds. The molecule has 4 aromatic rings. The zero-order valence-corrected chi connectivity index (χ0v) is 16.9. The Kier molecular flexibility index (Phi) is 4.58. The van der Waals surface area contributed by atoms with Crippen molar-refractivity contribution < 1.29 is 9.32 Å². The summed E-state index contributed by atoms with van der Waals surface area (Å²) in [4.78, 5) is 21.8. The molecule has 0 bridgehead atoms. The van der Waals surface area contributed by atoms with E-state index in [1.54, 1.807) is 6.33 Å². The maximum Gasteiger partial charge on any atom is 0.251 e. The lowest BCUT2D eigenvalue weighted by atomic mass is 10.0. The van der Waals surface area contributed by atoms with E-state index in [0.717, 1.165) is 35.4 Å². The van der Waals surface area contributed by atoms with Crippen molar-refractivity contribution >= 4 is 16.9 Å². The van der Waals surface area contributed by atoms with Crippen LogP contribution in [0.2, 0.25) is 0 Å². The molecule has 7 nitrogen and oxygen atoms in total. The summed E-state index contributed by atoms with van der Waals surface area (Å²) in [5.74, 6) is 1.60. The highest BCUT2D eigenvalue weighted by Gasteiger charge is 2.31. The number of carbonyl (C=O) groups excluding carboxylic acids is 1. The molecule has 0 saturated heterocycles. The Bertz CT molecular complexity index is 1190. The fraction of sp³-hybridized carbons (Fsp3) is 0.304. The van der Waals surface area contributed by atoms with Gasteiger partial charge in [-0.25, -0.2) is 4.98 Å². The minimum Gasteiger partial charge on any atom is -0.340 e. The molecule has 2 aromatic carbocycles. The fourth-order valence-corrected chi connectivity index (χ4v) is 3.56. The summed E-state index contributed by atoms with van der Waals surface area (Å²) in [7, 11) is 0. The van der Waals surface area contributed by atoms with E-state index < -0.39 is 0 Å². The third-order valence-corrected chi connectivity index (χ3v) is 5.48. The number of amides is 1. The maximum atomic E-state index is 12.9. The summed E-state index contributed by atoms with van der Waals surface area (Å²) < 4.78 is 7.45. The summed E-state index contributed by atoms with van der Waals surface area (Å²) in [5, 5.41) is 7.13. The van der Waals surface area contributed by atoms with Gasteiger partial charge >= 0.3 is 0 Å². The van der Waals surface area contributed by atoms with Crippen LogP contribution in [-0.4, -0.2) is 25.6 Å². The maximum absolute atomic E-state index is 12.9. The normalized spacial score (nSPS) is 14.9. The van der Waals surface area contributed by atoms with Crippen LogP contribution in [0.1, 0.15) is 60.7 Å². The molecule has 1 aliphatic carbocycles. The molecule has 1 aliphatic rings. The van der Waals surface area contributed by atoms with Gasteiger partial charge in [0.15, 0.2) is 5.82 Å². The van der Waals surface area contributed by atoms with Gasteiger partial charge in [0.2, 0.25) is 5.89 Å². The Morgan fingerprint density at radius 1 is 1.13 bits per heavy atom. The van der Waals surface area contributed by atoms with Gasteiger partial charge in [0.05, 0.1) is 11.0 Å². The minimum absolute atomic E-state index is 0.123. The zero-order chi connectivity index (χ0) is 20.7. The Balaban J connectivity index is 1.34. The van der Waals surface area contributed by atoms with Crippen LogP contribution in [0.25, 0.3) is 16.7 Å². The third-order valence-electron chi connectivity index (χ3n) is 5.48. The van der Waals surface area contributed by atoms with Crippen LogP contribution in [0, 0.1) is 5.92 Å². The van der Waals surface area contributed by atoms with Gasteiger partial charge in [0, 0.05) is 17.2 Å². The average Bonchev–Trinajstić information content (AvgIpc) is 3.34. The highest BCUT2D eigenvalue weighted by Crippen LogP contribution is 2.38. The Morgan fingerprint density at radius 3 is 2.63 bits per heavy atom. The van der Waals surface area contributed by atoms with Gasteiger partial charge in [-0.15, -0.1) is 0 Å². The Morgan fingerprint density at radius 2 is 1.90 bits per heavy atom. The number of rotatable bonds is 6. The SMILES string of the molecule is CC(C)C(NC(=O)c1ccc(-n2cnc3ccccc32)cc1)c1nc(C2CC2)no1. The molecule has 152 valence electrons. The van der Waals surface area contributed by atoms with Crippen LogP contribution in [0.15, 0.2) is 59.4 Å². The first-order valence-corrected chi connectivity index (χ1v) is 10.3. The van der Waals surface area contributed by atoms with Crippen LogP contribution in [0.5, 0.6) is 0 Å². The highest BCUT2D eigenvalue weighted by molar-refractivity contribution is 5.94. The van der Waals surface area contributed by atoms with Crippen molar-refractivity contribution in [3.05, 3.63) is 72.1 Å². The monoisotopic (exact) mass is 401 g/mol. The predicted molar refractivity (Wildman–Crippen MR) is 112 cm³/mol. The first kappa shape index (κ1) is 18.5. The average molecular weight is 401 g/mol. The van der Waals surface area contributed by atoms with E-state index >= 15 is 0 Å². The van der Waals surface area contributed by atoms with Gasteiger partial charge in [0.1, 0.15) is 12.4 Å². The van der Waals surface area contributed by atoms with Crippen molar-refractivity contribution in [1.29, 1.82) is 0 Å². The molecule has 1 fully saturated rings. The van der Waals surface area contributed by atoms with E-state index in [9.17, 15) is 4.79 Å². The molecule has 0 radical (unpaired) electrons. The molecule has 5 rings (SSSR count). The van der Waals surface area contributed by atoms with Crippen molar-refractivity contribution in [3.8, 4) is 5.69 Å². The smallest absolute Gasteiger partial charge is 0.251 e. The number of benzene rings is 2. The second-order valence-electron chi connectivity index (χ2n) is 8.11. The molecule has 1 saturated carbocycles.